The van der Waals surface area contributed by atoms with Crippen molar-refractivity contribution >= 4 is 5.69 Å². The van der Waals surface area contributed by atoms with Crippen LogP contribution in [0.25, 0.3) is 0 Å². The summed E-state index contributed by atoms with van der Waals surface area (Å²) in [6, 6.07) is 7.55. The van der Waals surface area contributed by atoms with Gasteiger partial charge in [0.1, 0.15) is 0 Å². The van der Waals surface area contributed by atoms with Crippen molar-refractivity contribution in [3.8, 4) is 0 Å². The SMILES string of the molecule is CCCNCc1cc(C)ccc1N1CC(C)C(N(C)C)C1. The summed E-state index contributed by atoms with van der Waals surface area (Å²) >= 11 is 0. The first-order valence-electron chi connectivity index (χ1n) is 8.24. The van der Waals surface area contributed by atoms with Crippen molar-refractivity contribution in [2.45, 2.75) is 39.8 Å². The highest BCUT2D eigenvalue weighted by Crippen LogP contribution is 2.29. The number of anilines is 1. The fourth-order valence-corrected chi connectivity index (χ4v) is 3.38. The quantitative estimate of drug-likeness (QED) is 0.812. The van der Waals surface area contributed by atoms with Gasteiger partial charge < -0.3 is 15.1 Å². The summed E-state index contributed by atoms with van der Waals surface area (Å²) in [5.41, 5.74) is 4.21. The summed E-state index contributed by atoms with van der Waals surface area (Å²) in [4.78, 5) is 4.94. The third kappa shape index (κ3) is 3.98. The van der Waals surface area contributed by atoms with Gasteiger partial charge in [-0.25, -0.2) is 0 Å². The smallest absolute Gasteiger partial charge is 0.0412 e. The van der Waals surface area contributed by atoms with E-state index in [1.807, 2.05) is 0 Å². The van der Waals surface area contributed by atoms with Gasteiger partial charge in [0.15, 0.2) is 0 Å². The summed E-state index contributed by atoms with van der Waals surface area (Å²) in [7, 11) is 4.40. The molecule has 3 heteroatoms. The molecule has 1 aromatic carbocycles. The van der Waals surface area contributed by atoms with Crippen LogP contribution in [0.3, 0.4) is 0 Å². The Morgan fingerprint density at radius 3 is 2.67 bits per heavy atom. The minimum atomic E-state index is 0.655. The Bertz CT molecular complexity index is 456. The number of aryl methyl sites for hydroxylation is 1. The average Bonchev–Trinajstić information content (AvgIpc) is 2.81. The fourth-order valence-electron chi connectivity index (χ4n) is 3.38. The molecular weight excluding hydrogens is 258 g/mol. The monoisotopic (exact) mass is 289 g/mol. The van der Waals surface area contributed by atoms with Crippen LogP contribution < -0.4 is 10.2 Å². The zero-order valence-corrected chi connectivity index (χ0v) is 14.3. The normalized spacial score (nSPS) is 22.3. The van der Waals surface area contributed by atoms with E-state index in [0.29, 0.717) is 6.04 Å². The first-order valence-corrected chi connectivity index (χ1v) is 8.24. The van der Waals surface area contributed by atoms with E-state index in [4.69, 9.17) is 0 Å². The first kappa shape index (κ1) is 16.3. The van der Waals surface area contributed by atoms with E-state index in [-0.39, 0.29) is 0 Å². The number of benzene rings is 1. The molecule has 1 aliphatic rings. The van der Waals surface area contributed by atoms with Crippen molar-refractivity contribution in [3.63, 3.8) is 0 Å². The highest BCUT2D eigenvalue weighted by atomic mass is 15.2. The van der Waals surface area contributed by atoms with Gasteiger partial charge in [-0.15, -0.1) is 0 Å². The number of likely N-dealkylation sites (N-methyl/N-ethyl adjacent to an activating group) is 1. The van der Waals surface area contributed by atoms with Crippen molar-refractivity contribution < 1.29 is 0 Å². The first-order chi connectivity index (χ1) is 10.0. The number of hydrogen-bond acceptors (Lipinski definition) is 3. The number of rotatable bonds is 6. The van der Waals surface area contributed by atoms with Crippen molar-refractivity contribution in [1.29, 1.82) is 0 Å². The molecule has 1 saturated heterocycles. The highest BCUT2D eigenvalue weighted by molar-refractivity contribution is 5.56. The van der Waals surface area contributed by atoms with Crippen LogP contribution in [0, 0.1) is 12.8 Å². The molecule has 0 amide bonds. The third-order valence-electron chi connectivity index (χ3n) is 4.55. The van der Waals surface area contributed by atoms with Gasteiger partial charge in [0.2, 0.25) is 0 Å². The summed E-state index contributed by atoms with van der Waals surface area (Å²) in [5, 5.41) is 3.55. The lowest BCUT2D eigenvalue weighted by molar-refractivity contribution is 0.266. The molecule has 1 N–H and O–H groups in total. The van der Waals surface area contributed by atoms with E-state index in [1.54, 1.807) is 0 Å². The molecule has 0 bridgehead atoms. The van der Waals surface area contributed by atoms with E-state index in [1.165, 1.54) is 23.2 Å². The fraction of sp³-hybridized carbons (Fsp3) is 0.667. The van der Waals surface area contributed by atoms with E-state index in [9.17, 15) is 0 Å². The van der Waals surface area contributed by atoms with Crippen LogP contribution in [0.4, 0.5) is 5.69 Å². The lowest BCUT2D eigenvalue weighted by atomic mass is 10.1. The Balaban J connectivity index is 2.15. The second kappa shape index (κ2) is 7.28. The van der Waals surface area contributed by atoms with Crippen molar-refractivity contribution in [2.75, 3.05) is 38.6 Å². The molecule has 2 unspecified atom stereocenters. The van der Waals surface area contributed by atoms with Crippen LogP contribution in [0.2, 0.25) is 0 Å². The molecule has 1 aliphatic heterocycles. The Hall–Kier alpha value is -1.06. The molecule has 0 aliphatic carbocycles. The largest absolute Gasteiger partial charge is 0.369 e. The topological polar surface area (TPSA) is 18.5 Å². The molecule has 0 saturated carbocycles. The summed E-state index contributed by atoms with van der Waals surface area (Å²) in [6.45, 7) is 11.1. The Kier molecular flexibility index (Phi) is 5.65. The van der Waals surface area contributed by atoms with Crippen LogP contribution in [-0.2, 0) is 6.54 Å². The molecule has 1 aromatic rings. The second-order valence-electron chi connectivity index (χ2n) is 6.72. The highest BCUT2D eigenvalue weighted by Gasteiger charge is 2.31. The molecular formula is C18H31N3. The standard InChI is InChI=1S/C18H31N3/c1-6-9-19-11-16-10-14(2)7-8-17(16)21-12-15(3)18(13-21)20(4)5/h7-8,10,15,18-19H,6,9,11-13H2,1-5H3. The summed E-state index contributed by atoms with van der Waals surface area (Å²) < 4.78 is 0. The number of nitrogens with one attached hydrogen (secondary N) is 1. The molecule has 118 valence electrons. The third-order valence-corrected chi connectivity index (χ3v) is 4.55. The maximum Gasteiger partial charge on any atom is 0.0412 e. The molecule has 1 heterocycles. The number of hydrogen-bond donors (Lipinski definition) is 1. The second-order valence-corrected chi connectivity index (χ2v) is 6.72. The minimum Gasteiger partial charge on any atom is -0.369 e. The van der Waals surface area contributed by atoms with Gasteiger partial charge in [-0.1, -0.05) is 31.5 Å². The van der Waals surface area contributed by atoms with Gasteiger partial charge in [-0.2, -0.15) is 0 Å². The van der Waals surface area contributed by atoms with Crippen molar-refractivity contribution in [1.82, 2.24) is 10.2 Å². The Morgan fingerprint density at radius 2 is 2.05 bits per heavy atom. The predicted octanol–water partition coefficient (Wildman–Crippen LogP) is 2.88. The van der Waals surface area contributed by atoms with Gasteiger partial charge in [0, 0.05) is 31.4 Å². The Morgan fingerprint density at radius 1 is 1.29 bits per heavy atom. The average molecular weight is 289 g/mol. The molecule has 2 atom stereocenters. The molecule has 0 spiro atoms. The van der Waals surface area contributed by atoms with Crippen molar-refractivity contribution in [2.24, 2.45) is 5.92 Å². The zero-order valence-electron chi connectivity index (χ0n) is 14.3. The predicted molar refractivity (Wildman–Crippen MR) is 92.0 cm³/mol. The molecule has 21 heavy (non-hydrogen) atoms. The van der Waals surface area contributed by atoms with Crippen LogP contribution in [0.1, 0.15) is 31.4 Å². The van der Waals surface area contributed by atoms with E-state index in [2.05, 4.69) is 68.2 Å². The molecule has 1 fully saturated rings. The van der Waals surface area contributed by atoms with Crippen LogP contribution in [-0.4, -0.2) is 44.7 Å². The van der Waals surface area contributed by atoms with E-state index in [0.717, 1.165) is 32.1 Å². The van der Waals surface area contributed by atoms with Crippen LogP contribution >= 0.6 is 0 Å². The van der Waals surface area contributed by atoms with E-state index >= 15 is 0 Å². The minimum absolute atomic E-state index is 0.655. The van der Waals surface area contributed by atoms with Gasteiger partial charge in [-0.3, -0.25) is 0 Å². The molecule has 3 nitrogen and oxygen atoms in total. The van der Waals surface area contributed by atoms with Gasteiger partial charge in [0.05, 0.1) is 0 Å². The van der Waals surface area contributed by atoms with Gasteiger partial charge >= 0.3 is 0 Å². The number of nitrogens with zero attached hydrogens (tertiary/aromatic N) is 2. The zero-order chi connectivity index (χ0) is 15.4. The maximum absolute atomic E-state index is 3.55. The maximum atomic E-state index is 3.55. The lowest BCUT2D eigenvalue weighted by Crippen LogP contribution is -2.34. The van der Waals surface area contributed by atoms with Crippen molar-refractivity contribution in [3.05, 3.63) is 29.3 Å². The van der Waals surface area contributed by atoms with Gasteiger partial charge in [0.25, 0.3) is 0 Å². The lowest BCUT2D eigenvalue weighted by Gasteiger charge is -2.24. The Labute approximate surface area is 130 Å². The summed E-state index contributed by atoms with van der Waals surface area (Å²) in [6.07, 6.45) is 1.19. The molecule has 0 aromatic heterocycles. The molecule has 2 rings (SSSR count). The van der Waals surface area contributed by atoms with E-state index < -0.39 is 0 Å². The van der Waals surface area contributed by atoms with Crippen LogP contribution in [0.15, 0.2) is 18.2 Å². The van der Waals surface area contributed by atoms with Gasteiger partial charge in [-0.05, 0) is 51.5 Å². The summed E-state index contributed by atoms with van der Waals surface area (Å²) in [5.74, 6) is 0.720. The van der Waals surface area contributed by atoms with Crippen LogP contribution in [0.5, 0.6) is 0 Å². The molecule has 0 radical (unpaired) electrons.